The van der Waals surface area contributed by atoms with E-state index in [1.165, 1.54) is 24.1 Å². The highest BCUT2D eigenvalue weighted by molar-refractivity contribution is 5.57. The molecule has 2 aromatic rings. The fourth-order valence-electron chi connectivity index (χ4n) is 4.03. The Morgan fingerprint density at radius 3 is 2.58 bits per heavy atom. The van der Waals surface area contributed by atoms with Gasteiger partial charge in [-0.05, 0) is 43.4 Å². The van der Waals surface area contributed by atoms with E-state index in [2.05, 4.69) is 52.7 Å². The SMILES string of the molecule is COc1ccc(N2CCNC(c3ccccc3)C2)cc1OC1CCCC1. The van der Waals surface area contributed by atoms with Crippen LogP contribution >= 0.6 is 0 Å². The van der Waals surface area contributed by atoms with E-state index in [9.17, 15) is 0 Å². The molecule has 1 unspecified atom stereocenters. The molecule has 1 atom stereocenters. The monoisotopic (exact) mass is 352 g/mol. The maximum absolute atomic E-state index is 6.27. The fourth-order valence-corrected chi connectivity index (χ4v) is 4.03. The van der Waals surface area contributed by atoms with Gasteiger partial charge in [0.05, 0.1) is 13.2 Å². The number of hydrogen-bond donors (Lipinski definition) is 1. The maximum atomic E-state index is 6.27. The molecule has 1 aliphatic carbocycles. The number of anilines is 1. The number of rotatable bonds is 5. The number of methoxy groups -OCH3 is 1. The number of ether oxygens (including phenoxy) is 2. The summed E-state index contributed by atoms with van der Waals surface area (Å²) in [5.41, 5.74) is 2.55. The zero-order chi connectivity index (χ0) is 17.8. The minimum atomic E-state index is 0.333. The quantitative estimate of drug-likeness (QED) is 0.876. The highest BCUT2D eigenvalue weighted by Gasteiger charge is 2.23. The van der Waals surface area contributed by atoms with Crippen LogP contribution in [0, 0.1) is 0 Å². The van der Waals surface area contributed by atoms with Gasteiger partial charge in [0.15, 0.2) is 11.5 Å². The first-order valence-corrected chi connectivity index (χ1v) is 9.71. The highest BCUT2D eigenvalue weighted by atomic mass is 16.5. The van der Waals surface area contributed by atoms with Crippen molar-refractivity contribution in [1.82, 2.24) is 5.32 Å². The van der Waals surface area contributed by atoms with Crippen molar-refractivity contribution in [3.05, 3.63) is 54.1 Å². The van der Waals surface area contributed by atoms with Crippen LogP contribution in [-0.2, 0) is 0 Å². The van der Waals surface area contributed by atoms with Crippen molar-refractivity contribution in [2.75, 3.05) is 31.6 Å². The molecule has 0 amide bonds. The van der Waals surface area contributed by atoms with E-state index in [1.807, 2.05) is 6.07 Å². The Kier molecular flexibility index (Phi) is 5.30. The molecule has 0 radical (unpaired) electrons. The van der Waals surface area contributed by atoms with Crippen molar-refractivity contribution in [2.45, 2.75) is 37.8 Å². The molecule has 0 bridgehead atoms. The lowest BCUT2D eigenvalue weighted by Gasteiger charge is -2.36. The van der Waals surface area contributed by atoms with Crippen molar-refractivity contribution in [1.29, 1.82) is 0 Å². The summed E-state index contributed by atoms with van der Waals surface area (Å²) in [6.45, 7) is 2.93. The lowest BCUT2D eigenvalue weighted by molar-refractivity contribution is 0.201. The highest BCUT2D eigenvalue weighted by Crippen LogP contribution is 2.35. The van der Waals surface area contributed by atoms with Crippen molar-refractivity contribution in [3.8, 4) is 11.5 Å². The largest absolute Gasteiger partial charge is 0.493 e. The van der Waals surface area contributed by atoms with E-state index in [0.717, 1.165) is 44.0 Å². The van der Waals surface area contributed by atoms with Gasteiger partial charge in [0, 0.05) is 37.4 Å². The lowest BCUT2D eigenvalue weighted by atomic mass is 10.0. The minimum absolute atomic E-state index is 0.333. The van der Waals surface area contributed by atoms with Gasteiger partial charge in [0.1, 0.15) is 0 Å². The standard InChI is InChI=1S/C22H28N2O2/c1-25-21-12-11-18(15-22(21)26-19-9-5-6-10-19)24-14-13-23-20(16-24)17-7-3-2-4-8-17/h2-4,7-8,11-12,15,19-20,23H,5-6,9-10,13-14,16H2,1H3. The second-order valence-electron chi connectivity index (χ2n) is 7.22. The Bertz CT molecular complexity index is 713. The zero-order valence-corrected chi connectivity index (χ0v) is 15.5. The van der Waals surface area contributed by atoms with Gasteiger partial charge in [0.25, 0.3) is 0 Å². The number of nitrogens with one attached hydrogen (secondary N) is 1. The van der Waals surface area contributed by atoms with E-state index in [0.29, 0.717) is 12.1 Å². The van der Waals surface area contributed by atoms with Gasteiger partial charge in [-0.3, -0.25) is 0 Å². The number of benzene rings is 2. The first-order chi connectivity index (χ1) is 12.8. The lowest BCUT2D eigenvalue weighted by Crippen LogP contribution is -2.45. The Balaban J connectivity index is 1.52. The molecule has 1 aliphatic heterocycles. The first-order valence-electron chi connectivity index (χ1n) is 9.71. The van der Waals surface area contributed by atoms with Gasteiger partial charge in [-0.1, -0.05) is 30.3 Å². The molecule has 138 valence electrons. The maximum Gasteiger partial charge on any atom is 0.163 e. The Labute approximate surface area is 156 Å². The van der Waals surface area contributed by atoms with Gasteiger partial charge < -0.3 is 19.7 Å². The molecule has 2 aromatic carbocycles. The van der Waals surface area contributed by atoms with Crippen LogP contribution in [0.25, 0.3) is 0 Å². The van der Waals surface area contributed by atoms with E-state index in [-0.39, 0.29) is 0 Å². The van der Waals surface area contributed by atoms with Gasteiger partial charge in [-0.15, -0.1) is 0 Å². The van der Waals surface area contributed by atoms with Crippen molar-refractivity contribution < 1.29 is 9.47 Å². The molecule has 1 saturated carbocycles. The number of nitrogens with zero attached hydrogens (tertiary/aromatic N) is 1. The third-order valence-electron chi connectivity index (χ3n) is 5.49. The van der Waals surface area contributed by atoms with Crippen molar-refractivity contribution in [2.24, 2.45) is 0 Å². The van der Waals surface area contributed by atoms with Crippen LogP contribution in [0.3, 0.4) is 0 Å². The normalized spacial score (nSPS) is 21.0. The van der Waals surface area contributed by atoms with E-state index in [1.54, 1.807) is 7.11 Å². The Morgan fingerprint density at radius 2 is 1.81 bits per heavy atom. The molecule has 2 aliphatic rings. The van der Waals surface area contributed by atoms with E-state index in [4.69, 9.17) is 9.47 Å². The summed E-state index contributed by atoms with van der Waals surface area (Å²) in [4.78, 5) is 2.44. The second-order valence-corrected chi connectivity index (χ2v) is 7.22. The second kappa shape index (κ2) is 8.00. The number of hydrogen-bond acceptors (Lipinski definition) is 4. The van der Waals surface area contributed by atoms with Crippen LogP contribution in [0.1, 0.15) is 37.3 Å². The molecular weight excluding hydrogens is 324 g/mol. The molecule has 1 saturated heterocycles. The van der Waals surface area contributed by atoms with Crippen LogP contribution < -0.4 is 19.7 Å². The zero-order valence-electron chi connectivity index (χ0n) is 15.5. The van der Waals surface area contributed by atoms with E-state index >= 15 is 0 Å². The van der Waals surface area contributed by atoms with Gasteiger partial charge in [-0.25, -0.2) is 0 Å². The number of piperazine rings is 1. The Morgan fingerprint density at radius 1 is 1.00 bits per heavy atom. The van der Waals surface area contributed by atoms with Crippen molar-refractivity contribution in [3.63, 3.8) is 0 Å². The summed E-state index contributed by atoms with van der Waals surface area (Å²) in [5.74, 6) is 1.71. The molecule has 4 nitrogen and oxygen atoms in total. The van der Waals surface area contributed by atoms with Crippen LogP contribution in [-0.4, -0.2) is 32.8 Å². The molecule has 1 N–H and O–H groups in total. The molecule has 1 heterocycles. The summed E-state index contributed by atoms with van der Waals surface area (Å²) in [6, 6.07) is 17.4. The van der Waals surface area contributed by atoms with Gasteiger partial charge in [-0.2, -0.15) is 0 Å². The van der Waals surface area contributed by atoms with E-state index < -0.39 is 0 Å². The summed E-state index contributed by atoms with van der Waals surface area (Å²) in [7, 11) is 1.72. The average Bonchev–Trinajstić information content (AvgIpc) is 3.22. The summed E-state index contributed by atoms with van der Waals surface area (Å²) in [5, 5.41) is 3.63. The van der Waals surface area contributed by atoms with Crippen LogP contribution in [0.5, 0.6) is 11.5 Å². The summed E-state index contributed by atoms with van der Waals surface area (Å²) in [6.07, 6.45) is 5.17. The van der Waals surface area contributed by atoms with Gasteiger partial charge in [0.2, 0.25) is 0 Å². The molecule has 0 spiro atoms. The molecule has 4 heteroatoms. The fraction of sp³-hybridized carbons (Fsp3) is 0.455. The summed E-state index contributed by atoms with van der Waals surface area (Å²) >= 11 is 0. The molecule has 0 aromatic heterocycles. The van der Waals surface area contributed by atoms with Crippen molar-refractivity contribution >= 4 is 5.69 Å². The minimum Gasteiger partial charge on any atom is -0.493 e. The summed E-state index contributed by atoms with van der Waals surface area (Å²) < 4.78 is 11.8. The van der Waals surface area contributed by atoms with Crippen LogP contribution in [0.4, 0.5) is 5.69 Å². The first kappa shape index (κ1) is 17.2. The van der Waals surface area contributed by atoms with Crippen LogP contribution in [0.15, 0.2) is 48.5 Å². The predicted octanol–water partition coefficient (Wildman–Crippen LogP) is 4.17. The van der Waals surface area contributed by atoms with Gasteiger partial charge >= 0.3 is 0 Å². The average molecular weight is 352 g/mol. The predicted molar refractivity (Wildman–Crippen MR) is 105 cm³/mol. The third-order valence-corrected chi connectivity index (χ3v) is 5.49. The topological polar surface area (TPSA) is 33.7 Å². The molecule has 4 rings (SSSR count). The molecule has 26 heavy (non-hydrogen) atoms. The molecular formula is C22H28N2O2. The third kappa shape index (κ3) is 3.80. The molecule has 2 fully saturated rings. The van der Waals surface area contributed by atoms with Crippen LogP contribution in [0.2, 0.25) is 0 Å². The Hall–Kier alpha value is -2.20. The smallest absolute Gasteiger partial charge is 0.163 e.